The van der Waals surface area contributed by atoms with Gasteiger partial charge < -0.3 is 10.4 Å². The molecule has 0 bridgehead atoms. The van der Waals surface area contributed by atoms with E-state index in [1.807, 2.05) is 38.1 Å². The fourth-order valence-electron chi connectivity index (χ4n) is 3.29. The van der Waals surface area contributed by atoms with Crippen molar-refractivity contribution in [2.24, 2.45) is 0 Å². The molecule has 0 saturated carbocycles. The SMILES string of the molecule is Cc1cccc(C)c1C(=O)NC1CCc2ccc(C(=O)O)cc21. The predicted octanol–water partition coefficient (Wildman–Crippen LogP) is 3.42. The van der Waals surface area contributed by atoms with E-state index in [0.29, 0.717) is 5.56 Å². The van der Waals surface area contributed by atoms with Crippen LogP contribution in [-0.4, -0.2) is 17.0 Å². The minimum absolute atomic E-state index is 0.0980. The zero-order valence-electron chi connectivity index (χ0n) is 13.2. The first kappa shape index (κ1) is 15.3. The minimum Gasteiger partial charge on any atom is -0.478 e. The van der Waals surface area contributed by atoms with Crippen molar-refractivity contribution in [2.75, 3.05) is 0 Å². The molecular formula is C19H19NO3. The normalized spacial score (nSPS) is 16.0. The lowest BCUT2D eigenvalue weighted by atomic mass is 10.0. The van der Waals surface area contributed by atoms with Gasteiger partial charge >= 0.3 is 5.97 Å². The molecule has 2 N–H and O–H groups in total. The smallest absolute Gasteiger partial charge is 0.335 e. The molecule has 4 heteroatoms. The van der Waals surface area contributed by atoms with Crippen LogP contribution >= 0.6 is 0 Å². The molecule has 1 amide bonds. The summed E-state index contributed by atoms with van der Waals surface area (Å²) in [6.07, 6.45) is 1.65. The Bertz CT molecular complexity index is 775. The number of carboxylic acids is 1. The maximum Gasteiger partial charge on any atom is 0.335 e. The second-order valence-electron chi connectivity index (χ2n) is 6.05. The standard InChI is InChI=1S/C19H19NO3/c1-11-4-3-5-12(2)17(11)18(21)20-16-9-8-13-6-7-14(19(22)23)10-15(13)16/h3-7,10,16H,8-9H2,1-2H3,(H,20,21)(H,22,23). The molecule has 0 aliphatic heterocycles. The summed E-state index contributed by atoms with van der Waals surface area (Å²) in [5, 5.41) is 12.2. The Kier molecular flexibility index (Phi) is 3.90. The predicted molar refractivity (Wildman–Crippen MR) is 87.8 cm³/mol. The fraction of sp³-hybridized carbons (Fsp3) is 0.263. The van der Waals surface area contributed by atoms with Crippen molar-refractivity contribution >= 4 is 11.9 Å². The molecule has 1 unspecified atom stereocenters. The van der Waals surface area contributed by atoms with Crippen LogP contribution in [-0.2, 0) is 6.42 Å². The van der Waals surface area contributed by atoms with Crippen LogP contribution in [0, 0.1) is 13.8 Å². The van der Waals surface area contributed by atoms with Crippen molar-refractivity contribution in [1.29, 1.82) is 0 Å². The summed E-state index contributed by atoms with van der Waals surface area (Å²) in [5.41, 5.74) is 4.89. The van der Waals surface area contributed by atoms with Crippen LogP contribution in [0.5, 0.6) is 0 Å². The van der Waals surface area contributed by atoms with Gasteiger partial charge in [-0.15, -0.1) is 0 Å². The van der Waals surface area contributed by atoms with Gasteiger partial charge in [0.15, 0.2) is 0 Å². The number of nitrogens with one attached hydrogen (secondary N) is 1. The van der Waals surface area contributed by atoms with Crippen LogP contribution in [0.3, 0.4) is 0 Å². The number of aromatic carboxylic acids is 1. The summed E-state index contributed by atoms with van der Waals surface area (Å²) in [6, 6.07) is 10.8. The number of benzene rings is 2. The molecule has 0 spiro atoms. The Morgan fingerprint density at radius 1 is 1.13 bits per heavy atom. The van der Waals surface area contributed by atoms with Crippen LogP contribution in [0.15, 0.2) is 36.4 Å². The third kappa shape index (κ3) is 2.84. The van der Waals surface area contributed by atoms with Crippen molar-refractivity contribution in [3.8, 4) is 0 Å². The van der Waals surface area contributed by atoms with Crippen molar-refractivity contribution in [3.63, 3.8) is 0 Å². The highest BCUT2D eigenvalue weighted by atomic mass is 16.4. The van der Waals surface area contributed by atoms with Gasteiger partial charge in [0.1, 0.15) is 0 Å². The Labute approximate surface area is 135 Å². The van der Waals surface area contributed by atoms with Crippen LogP contribution in [0.1, 0.15) is 55.4 Å². The average Bonchev–Trinajstić information content (AvgIpc) is 2.89. The largest absolute Gasteiger partial charge is 0.478 e. The number of carboxylic acid groups (broad SMARTS) is 1. The molecule has 0 saturated heterocycles. The lowest BCUT2D eigenvalue weighted by Crippen LogP contribution is -2.28. The third-order valence-electron chi connectivity index (χ3n) is 4.48. The Morgan fingerprint density at radius 3 is 2.48 bits per heavy atom. The fourth-order valence-corrected chi connectivity index (χ4v) is 3.29. The summed E-state index contributed by atoms with van der Waals surface area (Å²) in [7, 11) is 0. The second-order valence-corrected chi connectivity index (χ2v) is 6.05. The van der Waals surface area contributed by atoms with E-state index in [1.54, 1.807) is 12.1 Å². The highest BCUT2D eigenvalue weighted by molar-refractivity contribution is 5.97. The molecule has 2 aromatic carbocycles. The van der Waals surface area contributed by atoms with Crippen molar-refractivity contribution in [2.45, 2.75) is 32.7 Å². The summed E-state index contributed by atoms with van der Waals surface area (Å²) < 4.78 is 0. The first-order chi connectivity index (χ1) is 11.0. The van der Waals surface area contributed by atoms with Gasteiger partial charge in [-0.05, 0) is 61.1 Å². The van der Waals surface area contributed by atoms with E-state index in [4.69, 9.17) is 5.11 Å². The highest BCUT2D eigenvalue weighted by Gasteiger charge is 2.26. The molecular weight excluding hydrogens is 290 g/mol. The number of aryl methyl sites for hydroxylation is 3. The van der Waals surface area contributed by atoms with Crippen LogP contribution in [0.2, 0.25) is 0 Å². The molecule has 0 fully saturated rings. The number of carbonyl (C=O) groups excluding carboxylic acids is 1. The average molecular weight is 309 g/mol. The van der Waals surface area contributed by atoms with E-state index in [2.05, 4.69) is 5.32 Å². The van der Waals surface area contributed by atoms with E-state index in [9.17, 15) is 9.59 Å². The zero-order valence-corrected chi connectivity index (χ0v) is 13.2. The van der Waals surface area contributed by atoms with Crippen molar-refractivity contribution in [1.82, 2.24) is 5.32 Å². The monoisotopic (exact) mass is 309 g/mol. The van der Waals surface area contributed by atoms with Gasteiger partial charge in [-0.1, -0.05) is 24.3 Å². The minimum atomic E-state index is -0.945. The molecule has 0 radical (unpaired) electrons. The molecule has 1 atom stereocenters. The maximum absolute atomic E-state index is 12.6. The van der Waals surface area contributed by atoms with Gasteiger partial charge in [-0.3, -0.25) is 4.79 Å². The van der Waals surface area contributed by atoms with E-state index in [-0.39, 0.29) is 17.5 Å². The molecule has 1 aliphatic carbocycles. The van der Waals surface area contributed by atoms with E-state index in [1.165, 1.54) is 0 Å². The zero-order chi connectivity index (χ0) is 16.6. The molecule has 4 nitrogen and oxygen atoms in total. The van der Waals surface area contributed by atoms with Crippen molar-refractivity contribution < 1.29 is 14.7 Å². The molecule has 3 rings (SSSR count). The summed E-state index contributed by atoms with van der Waals surface area (Å²) in [6.45, 7) is 3.85. The molecule has 0 aromatic heterocycles. The summed E-state index contributed by atoms with van der Waals surface area (Å²) in [5.74, 6) is -1.04. The number of rotatable bonds is 3. The van der Waals surface area contributed by atoms with Gasteiger partial charge in [0.05, 0.1) is 11.6 Å². The maximum atomic E-state index is 12.6. The molecule has 1 aliphatic rings. The molecule has 2 aromatic rings. The van der Waals surface area contributed by atoms with Gasteiger partial charge in [-0.2, -0.15) is 0 Å². The van der Waals surface area contributed by atoms with Gasteiger partial charge in [0.2, 0.25) is 0 Å². The van der Waals surface area contributed by atoms with Gasteiger partial charge in [0.25, 0.3) is 5.91 Å². The first-order valence-electron chi connectivity index (χ1n) is 7.70. The Morgan fingerprint density at radius 2 is 1.83 bits per heavy atom. The highest BCUT2D eigenvalue weighted by Crippen LogP contribution is 2.32. The number of amides is 1. The summed E-state index contributed by atoms with van der Waals surface area (Å²) in [4.78, 5) is 23.8. The van der Waals surface area contributed by atoms with Crippen LogP contribution < -0.4 is 5.32 Å². The lowest BCUT2D eigenvalue weighted by Gasteiger charge is -2.17. The van der Waals surface area contributed by atoms with Gasteiger partial charge in [0, 0.05) is 5.56 Å². The van der Waals surface area contributed by atoms with Crippen LogP contribution in [0.4, 0.5) is 0 Å². The molecule has 118 valence electrons. The third-order valence-corrected chi connectivity index (χ3v) is 4.48. The quantitative estimate of drug-likeness (QED) is 0.913. The second kappa shape index (κ2) is 5.88. The van der Waals surface area contributed by atoms with Gasteiger partial charge in [-0.25, -0.2) is 4.79 Å². The Hall–Kier alpha value is -2.62. The van der Waals surface area contributed by atoms with E-state index < -0.39 is 5.97 Å². The number of hydrogen-bond acceptors (Lipinski definition) is 2. The molecule has 0 heterocycles. The number of hydrogen-bond donors (Lipinski definition) is 2. The Balaban J connectivity index is 1.87. The first-order valence-corrected chi connectivity index (χ1v) is 7.70. The van der Waals surface area contributed by atoms with E-state index >= 15 is 0 Å². The van der Waals surface area contributed by atoms with E-state index in [0.717, 1.165) is 35.1 Å². The lowest BCUT2D eigenvalue weighted by molar-refractivity contribution is 0.0696. The number of carbonyl (C=O) groups is 2. The topological polar surface area (TPSA) is 66.4 Å². The summed E-state index contributed by atoms with van der Waals surface area (Å²) >= 11 is 0. The number of fused-ring (bicyclic) bond motifs is 1. The molecule has 23 heavy (non-hydrogen) atoms. The van der Waals surface area contributed by atoms with Crippen molar-refractivity contribution in [3.05, 3.63) is 69.8 Å². The van der Waals surface area contributed by atoms with Crippen LogP contribution in [0.25, 0.3) is 0 Å².